The number of hydrogen-bond acceptors (Lipinski definition) is 4. The van der Waals surface area contributed by atoms with E-state index in [1.807, 2.05) is 4.90 Å². The lowest BCUT2D eigenvalue weighted by Gasteiger charge is -2.34. The van der Waals surface area contributed by atoms with Gasteiger partial charge >= 0.3 is 0 Å². The van der Waals surface area contributed by atoms with E-state index in [9.17, 15) is 18.4 Å². The van der Waals surface area contributed by atoms with Crippen molar-refractivity contribution >= 4 is 11.8 Å². The predicted octanol–water partition coefficient (Wildman–Crippen LogP) is 1.80. The molecule has 2 amide bonds. The van der Waals surface area contributed by atoms with Crippen molar-refractivity contribution in [1.29, 1.82) is 0 Å². The van der Waals surface area contributed by atoms with Gasteiger partial charge in [-0.25, -0.2) is 8.78 Å². The van der Waals surface area contributed by atoms with Crippen LogP contribution in [0.25, 0.3) is 0 Å². The molecule has 0 atom stereocenters. The standard InChI is InChI=1S/C21H23F2N3O3/c22-17-3-1-16(2-4-17)13-24-20(27)14-25-9-11-26(12-10-25)21(28)15-29-19-7-5-18(23)6-8-19/h1-8H,9-15H2,(H,24,27). The molecule has 0 spiro atoms. The topological polar surface area (TPSA) is 61.9 Å². The quantitative estimate of drug-likeness (QED) is 0.766. The van der Waals surface area contributed by atoms with Crippen LogP contribution in [0, 0.1) is 11.6 Å². The highest BCUT2D eigenvalue weighted by Crippen LogP contribution is 2.11. The summed E-state index contributed by atoms with van der Waals surface area (Å²) < 4.78 is 31.2. The average molecular weight is 403 g/mol. The van der Waals surface area contributed by atoms with Crippen molar-refractivity contribution in [3.8, 4) is 5.75 Å². The van der Waals surface area contributed by atoms with Crippen LogP contribution >= 0.6 is 0 Å². The predicted molar refractivity (Wildman–Crippen MR) is 103 cm³/mol. The van der Waals surface area contributed by atoms with Crippen LogP contribution in [0.15, 0.2) is 48.5 Å². The minimum absolute atomic E-state index is 0.107. The normalized spacial score (nSPS) is 14.5. The minimum Gasteiger partial charge on any atom is -0.484 e. The van der Waals surface area contributed by atoms with Gasteiger partial charge in [0.1, 0.15) is 17.4 Å². The SMILES string of the molecule is O=C(CN1CCN(C(=O)COc2ccc(F)cc2)CC1)NCc1ccc(F)cc1. The molecule has 0 aliphatic carbocycles. The van der Waals surface area contributed by atoms with Gasteiger partial charge in [0.15, 0.2) is 6.61 Å². The zero-order valence-corrected chi connectivity index (χ0v) is 15.9. The Bertz CT molecular complexity index is 820. The molecule has 0 aromatic heterocycles. The van der Waals surface area contributed by atoms with Gasteiger partial charge in [0.25, 0.3) is 5.91 Å². The summed E-state index contributed by atoms with van der Waals surface area (Å²) >= 11 is 0. The number of halogens is 2. The summed E-state index contributed by atoms with van der Waals surface area (Å²) in [6, 6.07) is 11.5. The van der Waals surface area contributed by atoms with Gasteiger partial charge in [-0.3, -0.25) is 14.5 Å². The summed E-state index contributed by atoms with van der Waals surface area (Å²) in [6.07, 6.45) is 0. The number of benzene rings is 2. The molecule has 0 saturated carbocycles. The maximum Gasteiger partial charge on any atom is 0.260 e. The van der Waals surface area contributed by atoms with Gasteiger partial charge in [-0.1, -0.05) is 12.1 Å². The van der Waals surface area contributed by atoms with E-state index < -0.39 is 0 Å². The van der Waals surface area contributed by atoms with Crippen LogP contribution in [0.2, 0.25) is 0 Å². The fraction of sp³-hybridized carbons (Fsp3) is 0.333. The van der Waals surface area contributed by atoms with Crippen LogP contribution in [0.3, 0.4) is 0 Å². The number of nitrogens with zero attached hydrogens (tertiary/aromatic N) is 2. The molecule has 3 rings (SSSR count). The average Bonchev–Trinajstić information content (AvgIpc) is 2.73. The molecule has 2 aromatic carbocycles. The number of hydrogen-bond donors (Lipinski definition) is 1. The van der Waals surface area contributed by atoms with E-state index in [-0.39, 0.29) is 36.6 Å². The molecule has 1 heterocycles. The zero-order chi connectivity index (χ0) is 20.6. The fourth-order valence-electron chi connectivity index (χ4n) is 2.98. The molecule has 0 radical (unpaired) electrons. The van der Waals surface area contributed by atoms with Crippen molar-refractivity contribution in [2.45, 2.75) is 6.54 Å². The molecule has 1 aliphatic heterocycles. The second-order valence-electron chi connectivity index (χ2n) is 6.80. The van der Waals surface area contributed by atoms with E-state index in [1.54, 1.807) is 17.0 Å². The lowest BCUT2D eigenvalue weighted by molar-refractivity contribution is -0.135. The summed E-state index contributed by atoms with van der Waals surface area (Å²) in [4.78, 5) is 28.0. The monoisotopic (exact) mass is 403 g/mol. The lowest BCUT2D eigenvalue weighted by atomic mass is 10.2. The second-order valence-corrected chi connectivity index (χ2v) is 6.80. The summed E-state index contributed by atoms with van der Waals surface area (Å²) in [6.45, 7) is 2.68. The Morgan fingerprint density at radius 3 is 2.10 bits per heavy atom. The first kappa shape index (κ1) is 20.7. The maximum absolute atomic E-state index is 12.9. The van der Waals surface area contributed by atoms with E-state index >= 15 is 0 Å². The highest BCUT2D eigenvalue weighted by atomic mass is 19.1. The smallest absolute Gasteiger partial charge is 0.260 e. The molecule has 1 saturated heterocycles. The minimum atomic E-state index is -0.360. The summed E-state index contributed by atoms with van der Waals surface area (Å²) in [5, 5.41) is 2.81. The highest BCUT2D eigenvalue weighted by Gasteiger charge is 2.22. The Morgan fingerprint density at radius 1 is 0.897 bits per heavy atom. The molecule has 0 unspecified atom stereocenters. The van der Waals surface area contributed by atoms with Crippen LogP contribution in [0.4, 0.5) is 8.78 Å². The molecule has 29 heavy (non-hydrogen) atoms. The number of ether oxygens (including phenoxy) is 1. The molecule has 8 heteroatoms. The van der Waals surface area contributed by atoms with E-state index in [4.69, 9.17) is 4.74 Å². The van der Waals surface area contributed by atoms with Crippen molar-refractivity contribution < 1.29 is 23.1 Å². The third-order valence-corrected chi connectivity index (χ3v) is 4.67. The molecule has 1 fully saturated rings. The number of rotatable bonds is 7. The largest absolute Gasteiger partial charge is 0.484 e. The van der Waals surface area contributed by atoms with Crippen LogP contribution < -0.4 is 10.1 Å². The van der Waals surface area contributed by atoms with Crippen molar-refractivity contribution in [2.24, 2.45) is 0 Å². The van der Waals surface area contributed by atoms with E-state index in [0.717, 1.165) is 5.56 Å². The Morgan fingerprint density at radius 2 is 1.48 bits per heavy atom. The first-order valence-electron chi connectivity index (χ1n) is 9.39. The molecule has 1 aliphatic rings. The van der Waals surface area contributed by atoms with E-state index in [2.05, 4.69) is 5.32 Å². The van der Waals surface area contributed by atoms with Crippen molar-refractivity contribution in [2.75, 3.05) is 39.3 Å². The molecular weight excluding hydrogens is 380 g/mol. The molecule has 2 aromatic rings. The van der Waals surface area contributed by atoms with Crippen LogP contribution in [-0.4, -0.2) is 60.9 Å². The van der Waals surface area contributed by atoms with Crippen LogP contribution in [-0.2, 0) is 16.1 Å². The van der Waals surface area contributed by atoms with Crippen molar-refractivity contribution in [1.82, 2.24) is 15.1 Å². The molecule has 6 nitrogen and oxygen atoms in total. The Labute approximate surface area is 168 Å². The second kappa shape index (κ2) is 9.97. The van der Waals surface area contributed by atoms with Gasteiger partial charge in [0, 0.05) is 32.7 Å². The molecular formula is C21H23F2N3O3. The number of carbonyl (C=O) groups excluding carboxylic acids is 2. The third kappa shape index (κ3) is 6.53. The summed E-state index contributed by atoms with van der Waals surface area (Å²) in [7, 11) is 0. The molecule has 154 valence electrons. The number of piperazine rings is 1. The Hall–Kier alpha value is -3.00. The lowest BCUT2D eigenvalue weighted by Crippen LogP contribution is -2.52. The maximum atomic E-state index is 12.9. The first-order valence-corrected chi connectivity index (χ1v) is 9.39. The van der Waals surface area contributed by atoms with Gasteiger partial charge in [-0.2, -0.15) is 0 Å². The number of carbonyl (C=O) groups is 2. The molecule has 0 bridgehead atoms. The summed E-state index contributed by atoms with van der Waals surface area (Å²) in [5.74, 6) is -0.489. The number of amides is 2. The van der Waals surface area contributed by atoms with Gasteiger partial charge in [-0.15, -0.1) is 0 Å². The van der Waals surface area contributed by atoms with Gasteiger partial charge in [-0.05, 0) is 42.0 Å². The fourth-order valence-corrected chi connectivity index (χ4v) is 2.98. The highest BCUT2D eigenvalue weighted by molar-refractivity contribution is 5.79. The van der Waals surface area contributed by atoms with Crippen molar-refractivity contribution in [3.05, 3.63) is 65.7 Å². The third-order valence-electron chi connectivity index (χ3n) is 4.67. The molecule has 1 N–H and O–H groups in total. The van der Waals surface area contributed by atoms with Gasteiger partial charge < -0.3 is 15.0 Å². The van der Waals surface area contributed by atoms with Crippen molar-refractivity contribution in [3.63, 3.8) is 0 Å². The number of nitrogens with one attached hydrogen (secondary N) is 1. The van der Waals surface area contributed by atoms with Gasteiger partial charge in [0.2, 0.25) is 5.91 Å². The van der Waals surface area contributed by atoms with E-state index in [1.165, 1.54) is 36.4 Å². The summed E-state index contributed by atoms with van der Waals surface area (Å²) in [5.41, 5.74) is 0.830. The first-order chi connectivity index (χ1) is 14.0. The van der Waals surface area contributed by atoms with Gasteiger partial charge in [0.05, 0.1) is 6.54 Å². The van der Waals surface area contributed by atoms with E-state index in [0.29, 0.717) is 38.5 Å². The Balaban J connectivity index is 1.34. The Kier molecular flexibility index (Phi) is 7.13. The van der Waals surface area contributed by atoms with Crippen LogP contribution in [0.1, 0.15) is 5.56 Å². The zero-order valence-electron chi connectivity index (χ0n) is 15.9. The van der Waals surface area contributed by atoms with Crippen LogP contribution in [0.5, 0.6) is 5.75 Å².